The Morgan fingerprint density at radius 1 is 1.19 bits per heavy atom. The summed E-state index contributed by atoms with van der Waals surface area (Å²) < 4.78 is 6.05. The smallest absolute Gasteiger partial charge is 0.246 e. The van der Waals surface area contributed by atoms with Crippen LogP contribution in [0.3, 0.4) is 0 Å². The molecule has 1 aromatic rings. The first kappa shape index (κ1) is 16.5. The van der Waals surface area contributed by atoms with Crippen LogP contribution in [0.15, 0.2) is 42.5 Å². The predicted molar refractivity (Wildman–Crippen MR) is 96.7 cm³/mol. The first-order valence-corrected chi connectivity index (χ1v) is 9.26. The van der Waals surface area contributed by atoms with Crippen LogP contribution < -0.4 is 4.90 Å². The van der Waals surface area contributed by atoms with Gasteiger partial charge in [-0.25, -0.2) is 0 Å². The van der Waals surface area contributed by atoms with Gasteiger partial charge in [0.1, 0.15) is 12.1 Å². The number of likely N-dealkylation sites (N-methyl/N-ethyl adjacent to an activating group) is 1. The highest BCUT2D eigenvalue weighted by Crippen LogP contribution is 2.52. The van der Waals surface area contributed by atoms with Crippen molar-refractivity contribution in [1.29, 1.82) is 0 Å². The van der Waals surface area contributed by atoms with Crippen LogP contribution >= 0.6 is 0 Å². The molecule has 4 aliphatic rings. The number of nitrogens with zero attached hydrogens (tertiary/aromatic N) is 3. The fourth-order valence-electron chi connectivity index (χ4n) is 4.93. The number of benzene rings is 1. The molecule has 4 aliphatic heterocycles. The van der Waals surface area contributed by atoms with Crippen LogP contribution in [0, 0.1) is 11.8 Å². The van der Waals surface area contributed by atoms with E-state index in [4.69, 9.17) is 4.74 Å². The number of para-hydroxylation sites is 1. The lowest BCUT2D eigenvalue weighted by molar-refractivity contribution is -0.145. The van der Waals surface area contributed by atoms with Crippen molar-refractivity contribution in [2.45, 2.75) is 11.7 Å². The molecule has 27 heavy (non-hydrogen) atoms. The largest absolute Gasteiger partial charge is 0.360 e. The number of piperazine rings is 1. The number of fused-ring (bicyclic) bond motifs is 1. The number of carbonyl (C=O) groups is 3. The molecule has 0 radical (unpaired) electrons. The topological polar surface area (TPSA) is 70.2 Å². The summed E-state index contributed by atoms with van der Waals surface area (Å²) >= 11 is 0. The Balaban J connectivity index is 1.35. The molecule has 140 valence electrons. The van der Waals surface area contributed by atoms with E-state index >= 15 is 0 Å². The third-order valence-corrected chi connectivity index (χ3v) is 6.17. The molecule has 1 spiro atoms. The fourth-order valence-corrected chi connectivity index (χ4v) is 4.93. The van der Waals surface area contributed by atoms with Crippen molar-refractivity contribution < 1.29 is 19.1 Å². The summed E-state index contributed by atoms with van der Waals surface area (Å²) in [5, 5.41) is 0. The maximum atomic E-state index is 13.2. The van der Waals surface area contributed by atoms with E-state index in [-0.39, 0.29) is 30.4 Å². The van der Waals surface area contributed by atoms with Gasteiger partial charge in [-0.05, 0) is 12.1 Å². The maximum Gasteiger partial charge on any atom is 0.246 e. The maximum absolute atomic E-state index is 13.2. The van der Waals surface area contributed by atoms with Crippen molar-refractivity contribution in [3.63, 3.8) is 0 Å². The second kappa shape index (κ2) is 5.66. The Labute approximate surface area is 157 Å². The lowest BCUT2D eigenvalue weighted by atomic mass is 9.76. The standard InChI is InChI=1S/C20H21N3O4/c1-21-12-20-8-7-14(27-20)16(17(20)19(21)26)18(25)22-9-10-23(15(24)11-22)13-5-3-2-4-6-13/h2-8,14,16-17H,9-12H2,1H3. The van der Waals surface area contributed by atoms with Crippen molar-refractivity contribution in [2.75, 3.05) is 38.1 Å². The molecule has 3 fully saturated rings. The first-order valence-electron chi connectivity index (χ1n) is 9.26. The normalized spacial score (nSPS) is 34.6. The molecule has 3 saturated heterocycles. The zero-order chi connectivity index (χ0) is 18.8. The predicted octanol–water partition coefficient (Wildman–Crippen LogP) is 0.274. The molecule has 0 aromatic heterocycles. The van der Waals surface area contributed by atoms with Gasteiger partial charge >= 0.3 is 0 Å². The van der Waals surface area contributed by atoms with Crippen LogP contribution in [0.25, 0.3) is 0 Å². The third-order valence-electron chi connectivity index (χ3n) is 6.17. The molecule has 4 unspecified atom stereocenters. The molecular weight excluding hydrogens is 346 g/mol. The molecule has 7 heteroatoms. The zero-order valence-electron chi connectivity index (χ0n) is 15.1. The molecule has 4 atom stereocenters. The number of hydrogen-bond acceptors (Lipinski definition) is 4. The van der Waals surface area contributed by atoms with Crippen LogP contribution in [-0.2, 0) is 19.1 Å². The number of likely N-dealkylation sites (tertiary alicyclic amines) is 1. The van der Waals surface area contributed by atoms with Gasteiger partial charge in [-0.15, -0.1) is 0 Å². The van der Waals surface area contributed by atoms with Crippen LogP contribution in [-0.4, -0.2) is 72.5 Å². The summed E-state index contributed by atoms with van der Waals surface area (Å²) in [6.45, 7) is 1.42. The molecule has 0 N–H and O–H groups in total. The van der Waals surface area contributed by atoms with Crippen LogP contribution in [0.5, 0.6) is 0 Å². The molecular formula is C20H21N3O4. The van der Waals surface area contributed by atoms with Crippen LogP contribution in [0.2, 0.25) is 0 Å². The van der Waals surface area contributed by atoms with Crippen molar-refractivity contribution >= 4 is 23.4 Å². The average molecular weight is 367 g/mol. The molecule has 5 rings (SSSR count). The SMILES string of the molecule is CN1CC23C=CC(O2)C(C(=O)N2CCN(c4ccccc4)C(=O)C2)C3C1=O. The van der Waals surface area contributed by atoms with Gasteiger partial charge in [0.25, 0.3) is 0 Å². The summed E-state index contributed by atoms with van der Waals surface area (Å²) in [6.07, 6.45) is 3.46. The first-order chi connectivity index (χ1) is 13.0. The monoisotopic (exact) mass is 367 g/mol. The fraction of sp³-hybridized carbons (Fsp3) is 0.450. The zero-order valence-corrected chi connectivity index (χ0v) is 15.1. The van der Waals surface area contributed by atoms with Crippen molar-refractivity contribution in [2.24, 2.45) is 11.8 Å². The minimum Gasteiger partial charge on any atom is -0.360 e. The number of carbonyl (C=O) groups excluding carboxylic acids is 3. The van der Waals surface area contributed by atoms with Gasteiger partial charge in [-0.1, -0.05) is 30.4 Å². The quantitative estimate of drug-likeness (QED) is 0.704. The van der Waals surface area contributed by atoms with Gasteiger partial charge in [-0.2, -0.15) is 0 Å². The van der Waals surface area contributed by atoms with E-state index in [1.54, 1.807) is 21.7 Å². The van der Waals surface area contributed by atoms with E-state index in [1.165, 1.54) is 0 Å². The summed E-state index contributed by atoms with van der Waals surface area (Å²) in [7, 11) is 1.74. The van der Waals surface area contributed by atoms with E-state index in [9.17, 15) is 14.4 Å². The highest BCUT2D eigenvalue weighted by atomic mass is 16.5. The second-order valence-electron chi connectivity index (χ2n) is 7.74. The molecule has 0 aliphatic carbocycles. The van der Waals surface area contributed by atoms with Crippen molar-refractivity contribution in [3.05, 3.63) is 42.5 Å². The van der Waals surface area contributed by atoms with Gasteiger partial charge in [0.2, 0.25) is 17.7 Å². The highest BCUT2D eigenvalue weighted by molar-refractivity contribution is 5.99. The molecule has 7 nitrogen and oxygen atoms in total. The third kappa shape index (κ3) is 2.27. The summed E-state index contributed by atoms with van der Waals surface area (Å²) in [5.41, 5.74) is 0.166. The summed E-state index contributed by atoms with van der Waals surface area (Å²) in [6, 6.07) is 9.46. The average Bonchev–Trinajstić information content (AvgIpc) is 3.30. The number of rotatable bonds is 2. The Hall–Kier alpha value is -2.67. The Morgan fingerprint density at radius 2 is 1.96 bits per heavy atom. The van der Waals surface area contributed by atoms with Gasteiger partial charge < -0.3 is 19.4 Å². The van der Waals surface area contributed by atoms with E-state index in [1.807, 2.05) is 42.5 Å². The number of ether oxygens (including phenoxy) is 1. The molecule has 0 saturated carbocycles. The van der Waals surface area contributed by atoms with E-state index in [0.717, 1.165) is 5.69 Å². The van der Waals surface area contributed by atoms with Gasteiger partial charge in [0, 0.05) is 25.8 Å². The van der Waals surface area contributed by atoms with Crippen molar-refractivity contribution in [1.82, 2.24) is 9.80 Å². The Morgan fingerprint density at radius 3 is 2.70 bits per heavy atom. The van der Waals surface area contributed by atoms with Crippen molar-refractivity contribution in [3.8, 4) is 0 Å². The number of hydrogen-bond donors (Lipinski definition) is 0. The van der Waals surface area contributed by atoms with E-state index in [0.29, 0.717) is 19.6 Å². The molecule has 2 bridgehead atoms. The molecule has 3 amide bonds. The number of amides is 3. The number of anilines is 1. The molecule has 4 heterocycles. The van der Waals surface area contributed by atoms with Gasteiger partial charge in [-0.3, -0.25) is 14.4 Å². The minimum absolute atomic E-state index is 0.0322. The summed E-state index contributed by atoms with van der Waals surface area (Å²) in [4.78, 5) is 43.4. The minimum atomic E-state index is -0.674. The lowest BCUT2D eigenvalue weighted by Crippen LogP contribution is -2.55. The van der Waals surface area contributed by atoms with Crippen LogP contribution in [0.1, 0.15) is 0 Å². The van der Waals surface area contributed by atoms with Gasteiger partial charge in [0.05, 0.1) is 24.5 Å². The summed E-state index contributed by atoms with van der Waals surface area (Å²) in [5.74, 6) is -1.32. The highest BCUT2D eigenvalue weighted by Gasteiger charge is 2.66. The Bertz CT molecular complexity index is 854. The Kier molecular flexibility index (Phi) is 3.46. The van der Waals surface area contributed by atoms with E-state index in [2.05, 4.69) is 0 Å². The van der Waals surface area contributed by atoms with Crippen LogP contribution in [0.4, 0.5) is 5.69 Å². The second-order valence-corrected chi connectivity index (χ2v) is 7.74. The lowest BCUT2D eigenvalue weighted by Gasteiger charge is -2.37. The van der Waals surface area contributed by atoms with Gasteiger partial charge in [0.15, 0.2) is 0 Å². The molecule has 1 aromatic carbocycles. The van der Waals surface area contributed by atoms with E-state index < -0.39 is 17.4 Å².